The summed E-state index contributed by atoms with van der Waals surface area (Å²) in [7, 11) is 0. The van der Waals surface area contributed by atoms with Gasteiger partial charge in [0.2, 0.25) is 0 Å². The minimum Gasteiger partial charge on any atom is -0.477 e. The number of ether oxygens (including phenoxy) is 8. The second-order valence-electron chi connectivity index (χ2n) is 15.4. The van der Waals surface area contributed by atoms with E-state index < -0.39 is 148 Å². The highest BCUT2D eigenvalue weighted by Gasteiger charge is 2.57. The highest BCUT2D eigenvalue weighted by Crippen LogP contribution is 2.36. The number of rotatable bonds is 23. The average molecular weight is 960 g/mol. The average Bonchev–Trinajstić information content (AvgIpc) is 3.32. The molecule has 0 aromatic heterocycles. The molecule has 3 aliphatic rings. The zero-order valence-corrected chi connectivity index (χ0v) is 35.4. The SMILES string of the molecule is [N-]=[N+]=NCCOCCO[C@@H]1OC(CO)[C@@H](O[C@@H]2OC(CO[C@]3(C(=O)O)C[C@@H](O)[C@@H](NC(=O)CF)C([C@H](O)[C@H](O)CNC(=O)c4cccc(Oc5ccccc5)c4)O3)[C@H](O)[C@H](O)C2O)[C@H](O)C1O. The maximum atomic E-state index is 13.4. The lowest BCUT2D eigenvalue weighted by Gasteiger charge is -2.48. The molecule has 0 radical (unpaired) electrons. The Balaban J connectivity index is 1.25. The molecule has 16 atom stereocenters. The number of nitrogens with zero attached hydrogens (tertiary/aromatic N) is 3. The highest BCUT2D eigenvalue weighted by molar-refractivity contribution is 5.94. The number of nitrogens with one attached hydrogen (secondary N) is 2. The summed E-state index contributed by atoms with van der Waals surface area (Å²) in [5.41, 5.74) is 8.39. The van der Waals surface area contributed by atoms with E-state index in [1.165, 1.54) is 18.2 Å². The van der Waals surface area contributed by atoms with Crippen LogP contribution in [-0.2, 0) is 42.7 Å². The van der Waals surface area contributed by atoms with E-state index in [1.54, 1.807) is 36.4 Å². The third-order valence-corrected chi connectivity index (χ3v) is 10.8. The quantitative estimate of drug-likeness (QED) is 0.0221. The van der Waals surface area contributed by atoms with Crippen LogP contribution in [0.15, 0.2) is 59.7 Å². The molecule has 12 N–H and O–H groups in total. The Bertz CT molecular complexity index is 1960. The molecule has 0 saturated carbocycles. The Hall–Kier alpha value is -4.75. The molecule has 3 saturated heterocycles. The van der Waals surface area contributed by atoms with Gasteiger partial charge in [0, 0.05) is 30.0 Å². The van der Waals surface area contributed by atoms with Crippen LogP contribution in [0.2, 0.25) is 0 Å². The Morgan fingerprint density at radius 1 is 0.896 bits per heavy atom. The fourth-order valence-electron chi connectivity index (χ4n) is 7.28. The molecule has 2 aromatic carbocycles. The van der Waals surface area contributed by atoms with Gasteiger partial charge in [0.1, 0.15) is 72.5 Å². The number of hydrogen-bond acceptors (Lipinski definition) is 21. The number of carboxylic acids is 1. The fourth-order valence-corrected chi connectivity index (χ4v) is 7.28. The van der Waals surface area contributed by atoms with Crippen molar-refractivity contribution in [2.24, 2.45) is 5.11 Å². The van der Waals surface area contributed by atoms with Crippen molar-refractivity contribution in [1.82, 2.24) is 10.6 Å². The first-order valence-corrected chi connectivity index (χ1v) is 20.8. The molecule has 27 heteroatoms. The number of halogens is 1. The van der Waals surface area contributed by atoms with Crippen LogP contribution in [0.5, 0.6) is 11.5 Å². The zero-order chi connectivity index (χ0) is 48.8. The van der Waals surface area contributed by atoms with Gasteiger partial charge in [-0.3, -0.25) is 9.59 Å². The molecule has 5 unspecified atom stereocenters. The van der Waals surface area contributed by atoms with Crippen molar-refractivity contribution >= 4 is 17.8 Å². The number of carbonyl (C=O) groups is 3. The maximum Gasteiger partial charge on any atom is 0.364 e. The zero-order valence-electron chi connectivity index (χ0n) is 35.4. The van der Waals surface area contributed by atoms with E-state index in [0.717, 1.165) is 0 Å². The van der Waals surface area contributed by atoms with Gasteiger partial charge in [-0.15, -0.1) is 0 Å². The van der Waals surface area contributed by atoms with E-state index in [-0.39, 0.29) is 37.7 Å². The number of amides is 2. The van der Waals surface area contributed by atoms with Crippen LogP contribution in [0, 0.1) is 0 Å². The Labute approximate surface area is 379 Å². The number of carboxylic acid groups (broad SMARTS) is 1. The predicted octanol–water partition coefficient (Wildman–Crippen LogP) is -3.69. The second-order valence-corrected chi connectivity index (χ2v) is 15.4. The first-order chi connectivity index (χ1) is 32.0. The van der Waals surface area contributed by atoms with Gasteiger partial charge in [0.05, 0.1) is 51.3 Å². The normalized spacial score (nSPS) is 32.8. The lowest BCUT2D eigenvalue weighted by atomic mass is 9.88. The van der Waals surface area contributed by atoms with E-state index in [1.807, 2.05) is 0 Å². The van der Waals surface area contributed by atoms with Crippen LogP contribution in [0.3, 0.4) is 0 Å². The maximum absolute atomic E-state index is 13.4. The summed E-state index contributed by atoms with van der Waals surface area (Å²) in [6.07, 6.45) is -28.1. The summed E-state index contributed by atoms with van der Waals surface area (Å²) >= 11 is 0. The van der Waals surface area contributed by atoms with Crippen LogP contribution in [-0.4, -0.2) is 219 Å². The molecular formula is C40H54FN5O21. The molecule has 3 fully saturated rings. The smallest absolute Gasteiger partial charge is 0.364 e. The van der Waals surface area contributed by atoms with Gasteiger partial charge in [-0.1, -0.05) is 29.4 Å². The molecule has 2 aromatic rings. The standard InChI is InChI=1S/C40H54FN5O21/c41-15-26(50)45-27-22(48)14-40(39(58)59,67-35(27)28(51)23(49)16-43-36(57)19-5-4-8-21(13-19)63-20-6-2-1-3-7-20)62-18-25-29(52)30(53)32(55)38(65-25)66-34-24(17-47)64-37(33(56)31(34)54)61-12-11-60-10-9-44-46-42/h1-8,13,22-25,27-35,37-38,47-49,51-56H,9-12,14-18H2,(H,43,57)(H,45,50)(H,58,59)/t22-,23-,24?,25?,27-,28-,29+,30+,31-,32?,33?,34-,35?,37-,38+,40-/m1/s1. The Morgan fingerprint density at radius 3 is 2.28 bits per heavy atom. The van der Waals surface area contributed by atoms with Crippen LogP contribution >= 0.6 is 0 Å². The largest absolute Gasteiger partial charge is 0.477 e. The molecule has 26 nitrogen and oxygen atoms in total. The van der Waals surface area contributed by atoms with Crippen molar-refractivity contribution in [3.63, 3.8) is 0 Å². The van der Waals surface area contributed by atoms with Crippen molar-refractivity contribution in [2.45, 2.75) is 104 Å². The van der Waals surface area contributed by atoms with Gasteiger partial charge >= 0.3 is 5.97 Å². The number of aliphatic hydroxyl groups excluding tert-OH is 9. The molecule has 2 amide bonds. The number of aliphatic hydroxyl groups is 9. The number of carbonyl (C=O) groups excluding carboxylic acids is 2. The molecule has 5 rings (SSSR count). The van der Waals surface area contributed by atoms with Crippen molar-refractivity contribution in [1.29, 1.82) is 0 Å². The van der Waals surface area contributed by atoms with Crippen LogP contribution in [0.25, 0.3) is 10.4 Å². The van der Waals surface area contributed by atoms with Crippen LogP contribution in [0.1, 0.15) is 16.8 Å². The second kappa shape index (κ2) is 25.0. The number of benzene rings is 2. The van der Waals surface area contributed by atoms with E-state index in [2.05, 4.69) is 20.7 Å². The minimum absolute atomic E-state index is 0.0439. The molecule has 3 heterocycles. The van der Waals surface area contributed by atoms with Gasteiger partial charge in [-0.05, 0) is 35.9 Å². The summed E-state index contributed by atoms with van der Waals surface area (Å²) in [5, 5.41) is 116. The lowest BCUT2D eigenvalue weighted by molar-refractivity contribution is -0.367. The van der Waals surface area contributed by atoms with Crippen molar-refractivity contribution in [2.75, 3.05) is 52.8 Å². The van der Waals surface area contributed by atoms with Gasteiger partial charge in [0.15, 0.2) is 19.3 Å². The molecule has 3 aliphatic heterocycles. The third-order valence-electron chi connectivity index (χ3n) is 10.8. The van der Waals surface area contributed by atoms with Crippen molar-refractivity contribution < 1.29 is 108 Å². The number of para-hydroxylation sites is 1. The number of hydrogen-bond donors (Lipinski definition) is 12. The Morgan fingerprint density at radius 2 is 1.60 bits per heavy atom. The highest BCUT2D eigenvalue weighted by atomic mass is 19.1. The lowest BCUT2D eigenvalue weighted by Crippen LogP contribution is -2.69. The van der Waals surface area contributed by atoms with Crippen LogP contribution < -0.4 is 15.4 Å². The summed E-state index contributed by atoms with van der Waals surface area (Å²) in [4.78, 5) is 40.7. The predicted molar refractivity (Wildman–Crippen MR) is 217 cm³/mol. The van der Waals surface area contributed by atoms with Crippen LogP contribution in [0.4, 0.5) is 4.39 Å². The molecule has 0 aliphatic carbocycles. The summed E-state index contributed by atoms with van der Waals surface area (Å²) in [6.45, 7) is -4.42. The van der Waals surface area contributed by atoms with Gasteiger partial charge in [-0.25, -0.2) is 9.18 Å². The first kappa shape index (κ1) is 53.2. The van der Waals surface area contributed by atoms with E-state index in [0.29, 0.717) is 5.75 Å². The molecule has 372 valence electrons. The molecule has 0 bridgehead atoms. The van der Waals surface area contributed by atoms with Crippen molar-refractivity contribution in [3.8, 4) is 11.5 Å². The van der Waals surface area contributed by atoms with Gasteiger partial charge in [0.25, 0.3) is 17.6 Å². The molecule has 67 heavy (non-hydrogen) atoms. The van der Waals surface area contributed by atoms with Gasteiger partial charge in [-0.2, -0.15) is 0 Å². The van der Waals surface area contributed by atoms with Gasteiger partial charge < -0.3 is 99.6 Å². The monoisotopic (exact) mass is 959 g/mol. The summed E-state index contributed by atoms with van der Waals surface area (Å²) in [5.74, 6) is -6.32. The van der Waals surface area contributed by atoms with E-state index >= 15 is 0 Å². The van der Waals surface area contributed by atoms with Crippen molar-refractivity contribution in [3.05, 3.63) is 70.6 Å². The van der Waals surface area contributed by atoms with E-state index in [9.17, 15) is 69.8 Å². The number of aliphatic carboxylic acids is 1. The topological polar surface area (TPSA) is 400 Å². The fraction of sp³-hybridized carbons (Fsp3) is 0.625. The minimum atomic E-state index is -3.02. The number of azide groups is 1. The first-order valence-electron chi connectivity index (χ1n) is 20.8. The molecular weight excluding hydrogens is 905 g/mol. The number of alkyl halides is 1. The summed E-state index contributed by atoms with van der Waals surface area (Å²) in [6, 6.07) is 12.7. The van der Waals surface area contributed by atoms with E-state index in [4.69, 9.17) is 43.4 Å². The molecule has 0 spiro atoms. The summed E-state index contributed by atoms with van der Waals surface area (Å²) < 4.78 is 57.8. The Kier molecular flexibility index (Phi) is 19.9. The third kappa shape index (κ3) is 13.7.